The molecule has 0 aliphatic carbocycles. The summed E-state index contributed by atoms with van der Waals surface area (Å²) in [6.45, 7) is 46.7. The van der Waals surface area contributed by atoms with Crippen LogP contribution in [-0.4, -0.2) is 88.6 Å². The number of fused-ring (bicyclic) bond motifs is 8. The maximum absolute atomic E-state index is 13.9. The van der Waals surface area contributed by atoms with E-state index in [1.807, 2.05) is 122 Å². The highest BCUT2D eigenvalue weighted by atomic mass is 16.2. The van der Waals surface area contributed by atoms with Gasteiger partial charge in [0, 0.05) is 63.9 Å². The first-order valence-corrected chi connectivity index (χ1v) is 49.9. The molecule has 7 aromatic heterocycles. The lowest BCUT2D eigenvalue weighted by Crippen LogP contribution is -2.32. The second-order valence-electron chi connectivity index (χ2n) is 40.3. The van der Waals surface area contributed by atoms with Gasteiger partial charge in [-0.1, -0.05) is 152 Å². The molecule has 20 aromatic rings. The van der Waals surface area contributed by atoms with Crippen LogP contribution < -0.4 is 19.6 Å². The maximum atomic E-state index is 13.9. The van der Waals surface area contributed by atoms with Crippen LogP contribution in [0.2, 0.25) is 0 Å². The molecule has 11 heterocycles. The molecule has 0 saturated heterocycles. The Morgan fingerprint density at radius 3 is 0.898 bits per heavy atom. The number of anilines is 4. The molecule has 21 nitrogen and oxygen atoms in total. The number of carbonyl (C=O) groups excluding carboxylic acids is 5. The van der Waals surface area contributed by atoms with Crippen molar-refractivity contribution in [1.29, 1.82) is 0 Å². The van der Waals surface area contributed by atoms with Gasteiger partial charge in [-0.3, -0.25) is 33.8 Å². The molecule has 4 aliphatic heterocycles. The van der Waals surface area contributed by atoms with Gasteiger partial charge in [0.2, 0.25) is 5.95 Å². The molecular formula is C126H114N16O5. The highest BCUT2D eigenvalue weighted by Gasteiger charge is 2.46. The average molecular weight is 1930 g/mol. The molecule has 5 amide bonds. The number of imide groups is 1. The molecule has 0 N–H and O–H groups in total. The summed E-state index contributed by atoms with van der Waals surface area (Å²) in [6, 6.07) is 80.0. The smallest absolute Gasteiger partial charge is 0.286 e. The zero-order valence-corrected chi connectivity index (χ0v) is 87.1. The summed E-state index contributed by atoms with van der Waals surface area (Å²) in [4.78, 5) is 93.7. The number of aromatic nitrogens is 12. The van der Waals surface area contributed by atoms with E-state index in [9.17, 15) is 24.0 Å². The van der Waals surface area contributed by atoms with Crippen LogP contribution in [0, 0.1) is 152 Å². The van der Waals surface area contributed by atoms with Gasteiger partial charge in [0.15, 0.2) is 0 Å². The van der Waals surface area contributed by atoms with Crippen LogP contribution in [0.3, 0.4) is 0 Å². The van der Waals surface area contributed by atoms with E-state index in [1.165, 1.54) is 87.8 Å². The van der Waals surface area contributed by atoms with E-state index in [0.29, 0.717) is 65.6 Å². The molecule has 0 atom stereocenters. The average Bonchev–Trinajstić information content (AvgIpc) is 1.55. The minimum atomic E-state index is -0.413. The van der Waals surface area contributed by atoms with Gasteiger partial charge >= 0.3 is 0 Å². The monoisotopic (exact) mass is 1930 g/mol. The Balaban J connectivity index is 0.000000115. The quantitative estimate of drug-likeness (QED) is 0.104. The Kier molecular flexibility index (Phi) is 24.4. The SMILES string of the molecule is Cc1cc2cc(C)c(-n3nc(C)c4c3C(=O)N(c3ccc(-c5ccccc5C)cc3C)C4)cc2cc1C.Cc1cc2cc(C)c(-n3nc(C)c4c3C(=O)N(c3ccc(-c5ccccc5C)cn3)C4)cc2cc1C.Cc1cc2cc(C)c(-n3nc(C)c4c3C(=O)N(c3ncc(-c5ccccc5C)cc3C)C4=O)cc2cc1C.Cc1cc2cc(C)c(-n3nc(C)c4c3C(=O)N(c3ncc(-c5ccccc5C)cn3)C4)cc2cc1C. The van der Waals surface area contributed by atoms with Gasteiger partial charge in [-0.05, 0) is 402 Å². The first-order chi connectivity index (χ1) is 70.5. The molecule has 4 aliphatic rings. The molecular weight excluding hydrogens is 1820 g/mol. The van der Waals surface area contributed by atoms with Gasteiger partial charge in [0.05, 0.1) is 70.7 Å². The number of benzene rings is 13. The van der Waals surface area contributed by atoms with Crippen molar-refractivity contribution in [3.8, 4) is 67.3 Å². The van der Waals surface area contributed by atoms with Crippen molar-refractivity contribution < 1.29 is 24.0 Å². The highest BCUT2D eigenvalue weighted by molar-refractivity contribution is 6.34. The van der Waals surface area contributed by atoms with E-state index in [0.717, 1.165) is 167 Å². The number of hydrogen-bond acceptors (Lipinski definition) is 13. The third-order valence-electron chi connectivity index (χ3n) is 30.2. The van der Waals surface area contributed by atoms with Crippen molar-refractivity contribution in [2.45, 2.75) is 172 Å². The van der Waals surface area contributed by atoms with Crippen molar-refractivity contribution >= 4 is 95.9 Å². The zero-order chi connectivity index (χ0) is 103. The summed E-state index contributed by atoms with van der Waals surface area (Å²) in [6.07, 6.45) is 7.16. The Hall–Kier alpha value is -17.3. The number of nitrogens with zero attached hydrogens (tertiary/aromatic N) is 16. The van der Waals surface area contributed by atoms with E-state index in [1.54, 1.807) is 44.7 Å². The van der Waals surface area contributed by atoms with Crippen LogP contribution in [0.1, 0.15) is 192 Å². The summed E-state index contributed by atoms with van der Waals surface area (Å²) in [5.41, 5.74) is 42.5. The fraction of sp³-hybridized carbons (Fsp3) is 0.198. The van der Waals surface area contributed by atoms with Crippen LogP contribution >= 0.6 is 0 Å². The third kappa shape index (κ3) is 17.0. The molecule has 0 saturated carbocycles. The van der Waals surface area contributed by atoms with Crippen LogP contribution in [-0.2, 0) is 19.6 Å². The van der Waals surface area contributed by atoms with E-state index in [2.05, 4.69) is 300 Å². The van der Waals surface area contributed by atoms with Crippen LogP contribution in [0.15, 0.2) is 255 Å². The van der Waals surface area contributed by atoms with Crippen molar-refractivity contribution in [1.82, 2.24) is 59.1 Å². The van der Waals surface area contributed by atoms with Gasteiger partial charge in [-0.15, -0.1) is 0 Å². The summed E-state index contributed by atoms with van der Waals surface area (Å²) in [5, 5.41) is 28.3. The summed E-state index contributed by atoms with van der Waals surface area (Å²) < 4.78 is 7.14. The molecule has 13 aromatic carbocycles. The van der Waals surface area contributed by atoms with Crippen molar-refractivity contribution in [2.75, 3.05) is 19.6 Å². The Morgan fingerprint density at radius 1 is 0.218 bits per heavy atom. The standard InChI is InChI=1S/C33H31N3O.C32H28N4O2.C31H28N4O.C30H27N5O/c1-19-9-7-8-10-28(19)25-11-12-30(22(4)15-25)35-18-29-24(6)34-36(32(29)33(35)37)31-17-27-14-21(3)20(2)13-26(27)16-23(31)5;1-17-9-7-8-10-26(17)25-14-21(5)30(33-16-25)35-31(37)28-22(6)34-36(29(28)32(35)38)27-15-24-12-19(3)18(2)11-23(24)13-20(27)4;1-18-8-6-7-9-26(18)23-10-11-29(32-16-23)34-17-27-22(5)33-35(30(27)31(34)36)28-15-25-13-20(3)19(2)12-24(25)14-21(28)4;1-17-8-6-7-9-25(17)24-14-31-30(32-15-24)34-16-26-21(5)33-35(28(26)29(34)36)27-13-23-11-19(3)18(2)10-22(23)12-20(27)4/h7-17H,18H2,1-6H3;7-16H,1-6H3;6-16H,17H2,1-5H3;6-15H,16H2,1-5H3. The van der Waals surface area contributed by atoms with E-state index < -0.39 is 11.8 Å². The predicted molar refractivity (Wildman–Crippen MR) is 590 cm³/mol. The number of rotatable bonds is 12. The summed E-state index contributed by atoms with van der Waals surface area (Å²) >= 11 is 0. The highest BCUT2D eigenvalue weighted by Crippen LogP contribution is 2.44. The maximum Gasteiger partial charge on any atom is 0.286 e. The number of hydrogen-bond donors (Lipinski definition) is 0. The molecule has 728 valence electrons. The molecule has 0 fully saturated rings. The summed E-state index contributed by atoms with van der Waals surface area (Å²) in [5.74, 6) is 0.404. The minimum Gasteiger partial charge on any atom is -0.302 e. The lowest BCUT2D eigenvalue weighted by molar-refractivity contribution is 0.0916. The Bertz CT molecular complexity index is 8740. The van der Waals surface area contributed by atoms with Crippen molar-refractivity contribution in [3.63, 3.8) is 0 Å². The molecule has 21 heteroatoms. The predicted octanol–water partition coefficient (Wildman–Crippen LogP) is 27.4. The third-order valence-corrected chi connectivity index (χ3v) is 30.2. The van der Waals surface area contributed by atoms with Crippen LogP contribution in [0.25, 0.3) is 110 Å². The van der Waals surface area contributed by atoms with Crippen LogP contribution in [0.5, 0.6) is 0 Å². The van der Waals surface area contributed by atoms with Gasteiger partial charge < -0.3 is 4.90 Å². The number of pyridine rings is 2. The summed E-state index contributed by atoms with van der Waals surface area (Å²) in [7, 11) is 0. The lowest BCUT2D eigenvalue weighted by atomic mass is 9.98. The zero-order valence-electron chi connectivity index (χ0n) is 87.1. The van der Waals surface area contributed by atoms with Gasteiger partial charge in [0.1, 0.15) is 34.4 Å². The second-order valence-corrected chi connectivity index (χ2v) is 40.3. The van der Waals surface area contributed by atoms with E-state index in [-0.39, 0.29) is 23.4 Å². The Labute approximate surface area is 855 Å². The first-order valence-electron chi connectivity index (χ1n) is 49.9. The molecule has 0 bridgehead atoms. The lowest BCUT2D eigenvalue weighted by Gasteiger charge is -2.20. The van der Waals surface area contributed by atoms with Gasteiger partial charge in [-0.25, -0.2) is 43.6 Å². The molecule has 0 spiro atoms. The van der Waals surface area contributed by atoms with Crippen molar-refractivity contribution in [2.24, 2.45) is 0 Å². The van der Waals surface area contributed by atoms with Gasteiger partial charge in [0.25, 0.3) is 29.5 Å². The largest absolute Gasteiger partial charge is 0.302 e. The Morgan fingerprint density at radius 2 is 0.517 bits per heavy atom. The van der Waals surface area contributed by atoms with Crippen LogP contribution in [0.4, 0.5) is 23.3 Å². The molecule has 24 rings (SSSR count). The number of aryl methyl sites for hydroxylation is 22. The van der Waals surface area contributed by atoms with Gasteiger partial charge in [-0.2, -0.15) is 20.4 Å². The number of carbonyl (C=O) groups is 5. The van der Waals surface area contributed by atoms with E-state index in [4.69, 9.17) is 15.3 Å². The second kappa shape index (κ2) is 37.4. The topological polar surface area (TPSA) is 221 Å². The molecule has 0 unspecified atom stereocenters. The number of amides is 5. The minimum absolute atomic E-state index is 0.00178. The van der Waals surface area contributed by atoms with E-state index >= 15 is 0 Å². The molecule has 0 radical (unpaired) electrons. The van der Waals surface area contributed by atoms with Crippen molar-refractivity contribution in [3.05, 3.63) is 423 Å². The first kappa shape index (κ1) is 95.8. The molecule has 147 heavy (non-hydrogen) atoms. The fourth-order valence-corrected chi connectivity index (χ4v) is 21.3. The fourth-order valence-electron chi connectivity index (χ4n) is 21.3. The normalized spacial score (nSPS) is 13.0.